The van der Waals surface area contributed by atoms with Crippen molar-refractivity contribution in [3.8, 4) is 0 Å². The third-order valence-corrected chi connectivity index (χ3v) is 10.9. The van der Waals surface area contributed by atoms with Gasteiger partial charge in [0.05, 0.1) is 4.90 Å². The van der Waals surface area contributed by atoms with Gasteiger partial charge in [-0.25, -0.2) is 0 Å². The normalized spacial score (nSPS) is 14.7. The van der Waals surface area contributed by atoms with E-state index in [4.69, 9.17) is 0 Å². The maximum atomic E-state index is 13.9. The summed E-state index contributed by atoms with van der Waals surface area (Å²) in [6, 6.07) is 30.0. The van der Waals surface area contributed by atoms with E-state index in [0.29, 0.717) is 45.0 Å². The van der Waals surface area contributed by atoms with Crippen LogP contribution in [0.1, 0.15) is 52.6 Å². The molecule has 0 aliphatic carbocycles. The highest BCUT2D eigenvalue weighted by Gasteiger charge is 2.36. The Morgan fingerprint density at radius 1 is 0.460 bits per heavy atom. The van der Waals surface area contributed by atoms with Crippen LogP contribution in [0.15, 0.2) is 108 Å². The van der Waals surface area contributed by atoms with Crippen LogP contribution in [0, 0.1) is 0 Å². The minimum Gasteiger partial charge on any atom is -0.282 e. The third-order valence-electron chi connectivity index (χ3n) is 10.1. The number of nitrogens with zero attached hydrogens (tertiary/aromatic N) is 2. The molecule has 7 aromatic carbocycles. The molecule has 0 saturated heterocycles. The molecule has 0 unspecified atom stereocenters. The summed E-state index contributed by atoms with van der Waals surface area (Å²) in [7, 11) is -4.40. The topological polar surface area (TPSA) is 129 Å². The Balaban J connectivity index is 1.13. The number of carbonyl (C=O) groups excluding carboxylic acids is 4. The summed E-state index contributed by atoms with van der Waals surface area (Å²) in [4.78, 5) is 57.7. The fraction of sp³-hybridized carbons (Fsp3) is 0.100. The Hall–Kier alpha value is -5.97. The predicted octanol–water partition coefficient (Wildman–Crippen LogP) is 6.66. The molecule has 9 rings (SSSR count). The van der Waals surface area contributed by atoms with Crippen molar-refractivity contribution in [3.63, 3.8) is 0 Å². The number of carbonyl (C=O) groups is 4. The van der Waals surface area contributed by atoms with Gasteiger partial charge in [0.15, 0.2) is 0 Å². The monoisotopic (exact) mass is 678 g/mol. The Bertz CT molecular complexity index is 2660. The van der Waals surface area contributed by atoms with Gasteiger partial charge in [0.25, 0.3) is 33.7 Å². The fourth-order valence-electron chi connectivity index (χ4n) is 7.76. The van der Waals surface area contributed by atoms with Gasteiger partial charge in [-0.15, -0.1) is 0 Å². The molecular formula is C40H26N2O7S. The van der Waals surface area contributed by atoms with Crippen LogP contribution in [0.5, 0.6) is 0 Å². The standard InChI is InChI=1S/C40H26N2O7S/c43-37-29-13-9-25-27-11-15-31-36-32(40(46)42(39(31)45)20-18-23-7-4-8-24(21-23)50(47,48)49)16-12-28(34(27)36)26-10-14-30(35(29)33(25)26)38(44)41(37)19-17-22-5-2-1-3-6-22/h1-16,21H,17-20H2,(H,47,48,49). The average Bonchev–Trinajstić information content (AvgIpc) is 3.12. The molecule has 0 bridgehead atoms. The van der Waals surface area contributed by atoms with E-state index in [1.54, 1.807) is 30.3 Å². The van der Waals surface area contributed by atoms with E-state index in [-0.39, 0.29) is 36.2 Å². The van der Waals surface area contributed by atoms with Gasteiger partial charge in [-0.1, -0.05) is 66.7 Å². The molecule has 10 heteroatoms. The highest BCUT2D eigenvalue weighted by Crippen LogP contribution is 2.46. The average molecular weight is 679 g/mol. The zero-order chi connectivity index (χ0) is 34.5. The first-order valence-corrected chi connectivity index (χ1v) is 17.6. The van der Waals surface area contributed by atoms with Crippen LogP contribution in [0.2, 0.25) is 0 Å². The summed E-state index contributed by atoms with van der Waals surface area (Å²) in [6.45, 7) is 0.269. The number of rotatable bonds is 7. The SMILES string of the molecule is O=C1c2ccc3c4ccc5c6c(ccc(c7ccc(c2c37)C(=O)N1CCc1ccccc1)c64)C(=O)N(CCc1cccc(S(=O)(=O)O)c1)C5=O. The van der Waals surface area contributed by atoms with Crippen LogP contribution in [0.4, 0.5) is 0 Å². The minimum atomic E-state index is -4.40. The second kappa shape index (κ2) is 10.8. The van der Waals surface area contributed by atoms with Gasteiger partial charge >= 0.3 is 0 Å². The molecule has 0 atom stereocenters. The van der Waals surface area contributed by atoms with Gasteiger partial charge in [0.2, 0.25) is 0 Å². The molecule has 0 aromatic heterocycles. The van der Waals surface area contributed by atoms with Crippen LogP contribution < -0.4 is 0 Å². The van der Waals surface area contributed by atoms with Gasteiger partial charge in [-0.3, -0.25) is 33.5 Å². The minimum absolute atomic E-state index is 0.00908. The van der Waals surface area contributed by atoms with E-state index in [1.165, 1.54) is 28.0 Å². The number of amides is 4. The summed E-state index contributed by atoms with van der Waals surface area (Å²) in [5.74, 6) is -1.58. The number of fused-ring (bicyclic) bond motifs is 2. The van der Waals surface area contributed by atoms with Crippen molar-refractivity contribution in [2.24, 2.45) is 0 Å². The number of imide groups is 2. The summed E-state index contributed by atoms with van der Waals surface area (Å²) in [5.41, 5.74) is 3.26. The van der Waals surface area contributed by atoms with E-state index in [1.807, 2.05) is 54.6 Å². The molecular weight excluding hydrogens is 653 g/mol. The molecule has 4 amide bonds. The summed E-state index contributed by atoms with van der Waals surface area (Å²) < 4.78 is 32.7. The first-order chi connectivity index (χ1) is 24.1. The van der Waals surface area contributed by atoms with E-state index in [2.05, 4.69) is 0 Å². The number of benzene rings is 7. The van der Waals surface area contributed by atoms with E-state index in [9.17, 15) is 32.1 Å². The second-order valence-corrected chi connectivity index (χ2v) is 14.2. The molecule has 2 aliphatic heterocycles. The van der Waals surface area contributed by atoms with Crippen molar-refractivity contribution in [1.82, 2.24) is 9.80 Å². The van der Waals surface area contributed by atoms with E-state index in [0.717, 1.165) is 37.9 Å². The van der Waals surface area contributed by atoms with Gasteiger partial charge in [0.1, 0.15) is 0 Å². The smallest absolute Gasteiger partial charge is 0.282 e. The molecule has 1 N–H and O–H groups in total. The largest absolute Gasteiger partial charge is 0.294 e. The first-order valence-electron chi connectivity index (χ1n) is 16.1. The summed E-state index contributed by atoms with van der Waals surface area (Å²) in [6.07, 6.45) is 0.736. The van der Waals surface area contributed by atoms with Crippen LogP contribution in [0.3, 0.4) is 0 Å². The number of hydrogen-bond acceptors (Lipinski definition) is 6. The van der Waals surface area contributed by atoms with Gasteiger partial charge in [-0.05, 0) is 92.7 Å². The van der Waals surface area contributed by atoms with Crippen molar-refractivity contribution < 1.29 is 32.1 Å². The Labute approximate surface area is 285 Å². The molecule has 0 saturated carbocycles. The van der Waals surface area contributed by atoms with Gasteiger partial charge < -0.3 is 0 Å². The molecule has 244 valence electrons. The fourth-order valence-corrected chi connectivity index (χ4v) is 8.31. The molecule has 2 heterocycles. The van der Waals surface area contributed by atoms with Crippen molar-refractivity contribution >= 4 is 76.8 Å². The lowest BCUT2D eigenvalue weighted by atomic mass is 9.82. The summed E-state index contributed by atoms with van der Waals surface area (Å²) in [5, 5.41) is 5.96. The zero-order valence-electron chi connectivity index (χ0n) is 26.3. The predicted molar refractivity (Wildman–Crippen MR) is 188 cm³/mol. The number of hydrogen-bond donors (Lipinski definition) is 1. The molecule has 0 radical (unpaired) electrons. The quantitative estimate of drug-likeness (QED) is 0.0864. The zero-order valence-corrected chi connectivity index (χ0v) is 27.2. The van der Waals surface area contributed by atoms with E-state index >= 15 is 0 Å². The molecule has 9 nitrogen and oxygen atoms in total. The summed E-state index contributed by atoms with van der Waals surface area (Å²) >= 11 is 0. The van der Waals surface area contributed by atoms with Crippen LogP contribution in [0.25, 0.3) is 43.1 Å². The second-order valence-electron chi connectivity index (χ2n) is 12.8. The van der Waals surface area contributed by atoms with Crippen LogP contribution in [-0.4, -0.2) is 59.5 Å². The van der Waals surface area contributed by atoms with E-state index < -0.39 is 21.9 Å². The molecule has 0 spiro atoms. The Morgan fingerprint density at radius 2 is 0.860 bits per heavy atom. The highest BCUT2D eigenvalue weighted by atomic mass is 32.2. The molecule has 50 heavy (non-hydrogen) atoms. The van der Waals surface area contributed by atoms with Gasteiger partial charge in [-0.2, -0.15) is 8.42 Å². The van der Waals surface area contributed by atoms with Gasteiger partial charge in [0, 0.05) is 46.1 Å². The van der Waals surface area contributed by atoms with Crippen molar-refractivity contribution in [2.45, 2.75) is 17.7 Å². The maximum absolute atomic E-state index is 13.9. The third kappa shape index (κ3) is 4.32. The molecule has 2 aliphatic rings. The lowest BCUT2D eigenvalue weighted by Crippen LogP contribution is -2.41. The Morgan fingerprint density at radius 3 is 1.28 bits per heavy atom. The van der Waals surface area contributed by atoms with Crippen LogP contribution >= 0.6 is 0 Å². The molecule has 7 aromatic rings. The van der Waals surface area contributed by atoms with Crippen LogP contribution in [-0.2, 0) is 23.0 Å². The molecule has 0 fully saturated rings. The maximum Gasteiger partial charge on any atom is 0.294 e. The lowest BCUT2D eigenvalue weighted by molar-refractivity contribution is 0.0597. The first kappa shape index (κ1) is 30.1. The highest BCUT2D eigenvalue weighted by molar-refractivity contribution is 7.85. The van der Waals surface area contributed by atoms with Crippen molar-refractivity contribution in [2.75, 3.05) is 13.1 Å². The van der Waals surface area contributed by atoms with Crippen molar-refractivity contribution in [1.29, 1.82) is 0 Å². The lowest BCUT2D eigenvalue weighted by Gasteiger charge is -2.30. The van der Waals surface area contributed by atoms with Crippen molar-refractivity contribution in [3.05, 3.63) is 137 Å². The Kier molecular flexibility index (Phi) is 6.48.